The zero-order valence-electron chi connectivity index (χ0n) is 16.2. The van der Waals surface area contributed by atoms with E-state index in [0.29, 0.717) is 21.9 Å². The van der Waals surface area contributed by atoms with E-state index in [9.17, 15) is 12.8 Å². The zero-order valence-corrected chi connectivity index (χ0v) is 18.6. The average Bonchev–Trinajstić information content (AvgIpc) is 3.11. The van der Waals surface area contributed by atoms with Crippen molar-refractivity contribution in [2.75, 3.05) is 6.26 Å². The molecule has 0 amide bonds. The number of hydrogen-bond donors (Lipinski definition) is 1. The molecule has 4 aromatic rings. The molecule has 0 aliphatic heterocycles. The third-order valence-corrected chi connectivity index (χ3v) is 5.96. The maximum absolute atomic E-state index is 14.3. The van der Waals surface area contributed by atoms with E-state index in [0.717, 1.165) is 29.3 Å². The Morgan fingerprint density at radius 1 is 1.16 bits per heavy atom. The van der Waals surface area contributed by atoms with Crippen molar-refractivity contribution in [3.05, 3.63) is 76.7 Å². The van der Waals surface area contributed by atoms with Gasteiger partial charge in [0.15, 0.2) is 20.4 Å². The highest BCUT2D eigenvalue weighted by Crippen LogP contribution is 2.34. The summed E-state index contributed by atoms with van der Waals surface area (Å²) in [7, 11) is -3.57. The van der Waals surface area contributed by atoms with E-state index in [1.54, 1.807) is 12.1 Å². The third-order valence-electron chi connectivity index (χ3n) is 4.74. The number of benzene rings is 2. The molecule has 0 aliphatic rings. The minimum absolute atomic E-state index is 0. The maximum Gasteiger partial charge on any atom is 0.192 e. The second-order valence-electron chi connectivity index (χ2n) is 6.92. The minimum atomic E-state index is -3.57. The summed E-state index contributed by atoms with van der Waals surface area (Å²) < 4.78 is 43.2. The average molecular weight is 482 g/mol. The van der Waals surface area contributed by atoms with Crippen LogP contribution in [0.4, 0.5) is 4.39 Å². The molecule has 1 unspecified atom stereocenters. The first-order chi connectivity index (χ1) is 14.2. The summed E-state index contributed by atoms with van der Waals surface area (Å²) in [6.45, 7) is 0. The van der Waals surface area contributed by atoms with Gasteiger partial charge in [-0.15, -0.1) is 12.4 Å². The Morgan fingerprint density at radius 3 is 2.65 bits per heavy atom. The van der Waals surface area contributed by atoms with Crippen molar-refractivity contribution in [1.29, 1.82) is 0 Å². The molecule has 2 heterocycles. The van der Waals surface area contributed by atoms with Crippen LogP contribution >= 0.6 is 24.0 Å². The van der Waals surface area contributed by atoms with Crippen LogP contribution in [0.1, 0.15) is 17.3 Å². The largest absolute Gasteiger partial charge is 0.356 e. The fraction of sp³-hybridized carbons (Fsp3) is 0.143. The van der Waals surface area contributed by atoms with E-state index < -0.39 is 21.7 Å². The lowest BCUT2D eigenvalue weighted by Gasteiger charge is -2.16. The van der Waals surface area contributed by atoms with Gasteiger partial charge in [-0.1, -0.05) is 41.0 Å². The van der Waals surface area contributed by atoms with E-state index in [1.807, 2.05) is 30.3 Å². The Morgan fingerprint density at radius 2 is 1.90 bits per heavy atom. The highest BCUT2D eigenvalue weighted by Gasteiger charge is 2.21. The van der Waals surface area contributed by atoms with Crippen molar-refractivity contribution in [3.8, 4) is 11.3 Å². The lowest BCUT2D eigenvalue weighted by atomic mass is 9.94. The Kier molecular flexibility index (Phi) is 6.66. The van der Waals surface area contributed by atoms with Crippen molar-refractivity contribution in [3.63, 3.8) is 0 Å². The van der Waals surface area contributed by atoms with E-state index in [-0.39, 0.29) is 29.5 Å². The van der Waals surface area contributed by atoms with Crippen molar-refractivity contribution in [2.24, 2.45) is 5.73 Å². The molecule has 1 atom stereocenters. The van der Waals surface area contributed by atoms with Crippen LogP contribution in [0.15, 0.2) is 64.1 Å². The molecule has 10 heteroatoms. The quantitative estimate of drug-likeness (QED) is 0.441. The van der Waals surface area contributed by atoms with Crippen LogP contribution in [0.3, 0.4) is 0 Å². The van der Waals surface area contributed by atoms with E-state index in [2.05, 4.69) is 10.1 Å². The lowest BCUT2D eigenvalue weighted by molar-refractivity contribution is 0.459. The SMILES string of the molecule is CS(=O)(=O)c1ccc(F)c(CC(N)c2ccccc2-c2noc3cc(Cl)ccc23)n1.Cl. The number of aromatic nitrogens is 2. The van der Waals surface area contributed by atoms with Crippen LogP contribution in [0.2, 0.25) is 5.02 Å². The first-order valence-corrected chi connectivity index (χ1v) is 11.3. The monoisotopic (exact) mass is 481 g/mol. The van der Waals surface area contributed by atoms with Gasteiger partial charge in [-0.25, -0.2) is 17.8 Å². The summed E-state index contributed by atoms with van der Waals surface area (Å²) in [6.07, 6.45) is 1.03. The van der Waals surface area contributed by atoms with Crippen molar-refractivity contribution in [1.82, 2.24) is 10.1 Å². The van der Waals surface area contributed by atoms with Crippen LogP contribution in [0, 0.1) is 5.82 Å². The summed E-state index contributed by atoms with van der Waals surface area (Å²) >= 11 is 6.01. The number of nitrogens with zero attached hydrogens (tertiary/aromatic N) is 2. The number of rotatable bonds is 5. The molecule has 4 rings (SSSR count). The highest BCUT2D eigenvalue weighted by molar-refractivity contribution is 7.90. The maximum atomic E-state index is 14.3. The van der Waals surface area contributed by atoms with Gasteiger partial charge in [-0.2, -0.15) is 0 Å². The normalized spacial score (nSPS) is 12.5. The van der Waals surface area contributed by atoms with Crippen molar-refractivity contribution < 1.29 is 17.3 Å². The van der Waals surface area contributed by atoms with Gasteiger partial charge in [-0.3, -0.25) is 0 Å². The van der Waals surface area contributed by atoms with Crippen molar-refractivity contribution in [2.45, 2.75) is 17.5 Å². The summed E-state index contributed by atoms with van der Waals surface area (Å²) in [6, 6.07) is 14.1. The Bertz CT molecular complexity index is 1360. The number of pyridine rings is 1. The Labute approximate surface area is 189 Å². The molecular formula is C21H18Cl2FN3O3S. The summed E-state index contributed by atoms with van der Waals surface area (Å²) in [5, 5.41) is 5.26. The molecular weight excluding hydrogens is 464 g/mol. The summed E-state index contributed by atoms with van der Waals surface area (Å²) in [5.41, 5.74) is 8.93. The van der Waals surface area contributed by atoms with Crippen LogP contribution < -0.4 is 5.73 Å². The van der Waals surface area contributed by atoms with E-state index in [4.69, 9.17) is 21.9 Å². The molecule has 0 aliphatic carbocycles. The molecule has 162 valence electrons. The fourth-order valence-corrected chi connectivity index (χ4v) is 4.03. The second-order valence-corrected chi connectivity index (χ2v) is 9.32. The summed E-state index contributed by atoms with van der Waals surface area (Å²) in [4.78, 5) is 3.97. The molecule has 0 spiro atoms. The van der Waals surface area contributed by atoms with Crippen LogP contribution in [0.25, 0.3) is 22.2 Å². The molecule has 0 fully saturated rings. The van der Waals surface area contributed by atoms with Gasteiger partial charge in [0.05, 0.1) is 5.69 Å². The first-order valence-electron chi connectivity index (χ1n) is 8.99. The summed E-state index contributed by atoms with van der Waals surface area (Å²) in [5.74, 6) is -0.614. The van der Waals surface area contributed by atoms with Crippen LogP contribution in [0.5, 0.6) is 0 Å². The molecule has 6 nitrogen and oxygen atoms in total. The van der Waals surface area contributed by atoms with Crippen molar-refractivity contribution >= 4 is 44.8 Å². The van der Waals surface area contributed by atoms with Gasteiger partial charge in [-0.05, 0) is 29.8 Å². The number of nitrogens with two attached hydrogens (primary N) is 1. The van der Waals surface area contributed by atoms with Gasteiger partial charge in [0, 0.05) is 40.8 Å². The molecule has 0 bridgehead atoms. The molecule has 2 aromatic heterocycles. The van der Waals surface area contributed by atoms with Gasteiger partial charge < -0.3 is 10.3 Å². The zero-order chi connectivity index (χ0) is 21.5. The molecule has 0 saturated heterocycles. The Hall–Kier alpha value is -2.52. The molecule has 2 N–H and O–H groups in total. The number of sulfone groups is 1. The molecule has 0 radical (unpaired) electrons. The molecule has 31 heavy (non-hydrogen) atoms. The highest BCUT2D eigenvalue weighted by atomic mass is 35.5. The standard InChI is InChI=1S/C21H17ClFN3O3S.ClH/c1-30(27,28)20-9-8-16(23)18(25-20)11-17(24)13-4-2-3-5-14(13)21-15-7-6-12(22)10-19(15)29-26-21;/h2-10,17H,11,24H2,1H3;1H. The van der Waals surface area contributed by atoms with E-state index >= 15 is 0 Å². The third kappa shape index (κ3) is 4.72. The van der Waals surface area contributed by atoms with E-state index in [1.165, 1.54) is 0 Å². The lowest BCUT2D eigenvalue weighted by Crippen LogP contribution is -2.17. The van der Waals surface area contributed by atoms with Gasteiger partial charge >= 0.3 is 0 Å². The number of hydrogen-bond acceptors (Lipinski definition) is 6. The predicted octanol–water partition coefficient (Wildman–Crippen LogP) is 4.75. The number of fused-ring (bicyclic) bond motifs is 1. The first kappa shape index (κ1) is 23.1. The molecule has 2 aromatic carbocycles. The van der Waals surface area contributed by atoms with Gasteiger partial charge in [0.1, 0.15) is 11.5 Å². The van der Waals surface area contributed by atoms with Gasteiger partial charge in [0.2, 0.25) is 0 Å². The predicted molar refractivity (Wildman–Crippen MR) is 120 cm³/mol. The minimum Gasteiger partial charge on any atom is -0.356 e. The van der Waals surface area contributed by atoms with Crippen LogP contribution in [-0.2, 0) is 16.3 Å². The molecule has 0 saturated carbocycles. The van der Waals surface area contributed by atoms with Gasteiger partial charge in [0.25, 0.3) is 0 Å². The smallest absolute Gasteiger partial charge is 0.192 e. The Balaban J connectivity index is 0.00000272. The fourth-order valence-electron chi connectivity index (χ4n) is 3.27. The second kappa shape index (κ2) is 8.92. The topological polar surface area (TPSA) is 99.1 Å². The van der Waals surface area contributed by atoms with Crippen LogP contribution in [-0.4, -0.2) is 24.8 Å². The number of halogens is 3.